The number of hydrogen-bond acceptors (Lipinski definition) is 4. The third-order valence-corrected chi connectivity index (χ3v) is 5.07. The molecule has 1 heterocycles. The lowest BCUT2D eigenvalue weighted by Crippen LogP contribution is -2.32. The molecule has 0 unspecified atom stereocenters. The molecule has 1 atom stereocenters. The highest BCUT2D eigenvalue weighted by Gasteiger charge is 2.19. The quantitative estimate of drug-likeness (QED) is 0.502. The van der Waals surface area contributed by atoms with Gasteiger partial charge in [0.05, 0.1) is 4.92 Å². The summed E-state index contributed by atoms with van der Waals surface area (Å²) in [5.41, 5.74) is 0. The van der Waals surface area contributed by atoms with E-state index in [1.165, 1.54) is 49.9 Å². The molecule has 106 valence electrons. The zero-order chi connectivity index (χ0) is 13.7. The Morgan fingerprint density at radius 1 is 1.37 bits per heavy atom. The van der Waals surface area contributed by atoms with Crippen molar-refractivity contribution in [3.05, 3.63) is 27.1 Å². The highest BCUT2D eigenvalue weighted by molar-refractivity contribution is 7.15. The number of nitro groups is 1. The molecule has 2 rings (SSSR count). The van der Waals surface area contributed by atoms with Crippen molar-refractivity contribution < 1.29 is 4.92 Å². The Labute approximate surface area is 118 Å². The van der Waals surface area contributed by atoms with E-state index in [9.17, 15) is 10.1 Å². The molecule has 0 radical (unpaired) electrons. The monoisotopic (exact) mass is 282 g/mol. The second-order valence-electron chi connectivity index (χ2n) is 5.42. The fourth-order valence-electron chi connectivity index (χ4n) is 2.80. The first kappa shape index (κ1) is 14.5. The molecule has 5 heteroatoms. The van der Waals surface area contributed by atoms with Crippen LogP contribution in [0, 0.1) is 16.0 Å². The first-order chi connectivity index (χ1) is 9.16. The van der Waals surface area contributed by atoms with Gasteiger partial charge in [-0.25, -0.2) is 0 Å². The molecule has 0 spiro atoms. The van der Waals surface area contributed by atoms with E-state index in [1.54, 1.807) is 6.07 Å². The summed E-state index contributed by atoms with van der Waals surface area (Å²) >= 11 is 1.27. The van der Waals surface area contributed by atoms with E-state index in [0.29, 0.717) is 6.04 Å². The normalized spacial score (nSPS) is 19.0. The molecule has 1 fully saturated rings. The lowest BCUT2D eigenvalue weighted by atomic mass is 9.93. The van der Waals surface area contributed by atoms with Crippen LogP contribution in [0.25, 0.3) is 0 Å². The van der Waals surface area contributed by atoms with Gasteiger partial charge in [-0.15, -0.1) is 0 Å². The molecule has 1 N–H and O–H groups in total. The Hall–Kier alpha value is -0.940. The molecule has 1 saturated carbocycles. The summed E-state index contributed by atoms with van der Waals surface area (Å²) in [4.78, 5) is 11.4. The summed E-state index contributed by atoms with van der Waals surface area (Å²) in [7, 11) is 0. The van der Waals surface area contributed by atoms with E-state index in [-0.39, 0.29) is 9.92 Å². The average molecular weight is 282 g/mol. The first-order valence-electron chi connectivity index (χ1n) is 7.13. The molecule has 1 aromatic heterocycles. The second kappa shape index (κ2) is 7.01. The van der Waals surface area contributed by atoms with Crippen LogP contribution in [0.3, 0.4) is 0 Å². The van der Waals surface area contributed by atoms with Crippen LogP contribution in [0.5, 0.6) is 0 Å². The van der Waals surface area contributed by atoms with Crippen molar-refractivity contribution in [1.29, 1.82) is 0 Å². The van der Waals surface area contributed by atoms with Crippen molar-refractivity contribution >= 4 is 16.3 Å². The topological polar surface area (TPSA) is 55.2 Å². The molecule has 0 amide bonds. The minimum atomic E-state index is -0.317. The summed E-state index contributed by atoms with van der Waals surface area (Å²) < 4.78 is 0. The molecule has 0 aliphatic heterocycles. The zero-order valence-electron chi connectivity index (χ0n) is 11.4. The van der Waals surface area contributed by atoms with Crippen LogP contribution >= 0.6 is 11.3 Å². The minimum absolute atomic E-state index is 0.235. The molecule has 0 aromatic carbocycles. The largest absolute Gasteiger partial charge is 0.324 e. The summed E-state index contributed by atoms with van der Waals surface area (Å²) in [6.07, 6.45) is 8.08. The lowest BCUT2D eigenvalue weighted by molar-refractivity contribution is -0.380. The van der Waals surface area contributed by atoms with Crippen molar-refractivity contribution in [1.82, 2.24) is 5.32 Å². The van der Waals surface area contributed by atoms with Gasteiger partial charge in [0.15, 0.2) is 0 Å². The predicted molar refractivity (Wildman–Crippen MR) is 78.5 cm³/mol. The summed E-state index contributed by atoms with van der Waals surface area (Å²) in [6, 6.07) is 3.95. The molecule has 1 aliphatic rings. The average Bonchev–Trinajstić information content (AvgIpc) is 2.70. The van der Waals surface area contributed by atoms with Crippen molar-refractivity contribution in [2.24, 2.45) is 5.92 Å². The maximum Gasteiger partial charge on any atom is 0.324 e. The Morgan fingerprint density at radius 2 is 2.05 bits per heavy atom. The van der Waals surface area contributed by atoms with E-state index < -0.39 is 0 Å². The molecule has 19 heavy (non-hydrogen) atoms. The maximum atomic E-state index is 10.6. The molecular formula is C14H22N2O2S. The van der Waals surface area contributed by atoms with Crippen molar-refractivity contribution in [2.45, 2.75) is 58.0 Å². The van der Waals surface area contributed by atoms with Crippen LogP contribution in [0.2, 0.25) is 0 Å². The van der Waals surface area contributed by atoms with Gasteiger partial charge in [-0.3, -0.25) is 10.1 Å². The smallest absolute Gasteiger partial charge is 0.309 e. The Kier molecular flexibility index (Phi) is 5.34. The second-order valence-corrected chi connectivity index (χ2v) is 6.57. The molecule has 1 aliphatic carbocycles. The van der Waals surface area contributed by atoms with E-state index in [1.807, 2.05) is 6.07 Å². The zero-order valence-corrected chi connectivity index (χ0v) is 12.2. The van der Waals surface area contributed by atoms with Gasteiger partial charge in [-0.2, -0.15) is 0 Å². The van der Waals surface area contributed by atoms with Gasteiger partial charge in [0.25, 0.3) is 0 Å². The fraction of sp³-hybridized carbons (Fsp3) is 0.714. The first-order valence-corrected chi connectivity index (χ1v) is 7.95. The van der Waals surface area contributed by atoms with Crippen molar-refractivity contribution in [2.75, 3.05) is 0 Å². The van der Waals surface area contributed by atoms with Crippen LogP contribution in [0.15, 0.2) is 12.1 Å². The van der Waals surface area contributed by atoms with Crippen LogP contribution in [-0.2, 0) is 6.54 Å². The number of nitrogens with one attached hydrogen (secondary N) is 1. The van der Waals surface area contributed by atoms with Gasteiger partial charge in [0.2, 0.25) is 0 Å². The van der Waals surface area contributed by atoms with Crippen molar-refractivity contribution in [3.63, 3.8) is 0 Å². The molecule has 0 saturated heterocycles. The molecule has 1 aromatic rings. The van der Waals surface area contributed by atoms with Gasteiger partial charge in [0, 0.05) is 23.5 Å². The molecule has 4 nitrogen and oxygen atoms in total. The van der Waals surface area contributed by atoms with Gasteiger partial charge in [-0.1, -0.05) is 37.0 Å². The summed E-state index contributed by atoms with van der Waals surface area (Å²) in [5, 5.41) is 14.4. The highest BCUT2D eigenvalue weighted by Crippen LogP contribution is 2.27. The Balaban J connectivity index is 1.81. The highest BCUT2D eigenvalue weighted by atomic mass is 32.1. The predicted octanol–water partition coefficient (Wildman–Crippen LogP) is 4.10. The van der Waals surface area contributed by atoms with Gasteiger partial charge < -0.3 is 5.32 Å². The number of hydrogen-bond donors (Lipinski definition) is 1. The van der Waals surface area contributed by atoms with Crippen molar-refractivity contribution in [3.8, 4) is 0 Å². The maximum absolute atomic E-state index is 10.6. The molecular weight excluding hydrogens is 260 g/mol. The summed E-state index contributed by atoms with van der Waals surface area (Å²) in [5.74, 6) is 0.762. The Bertz CT molecular complexity index is 411. The van der Waals surface area contributed by atoms with Gasteiger partial charge in [-0.05, 0) is 31.7 Å². The van der Waals surface area contributed by atoms with E-state index in [0.717, 1.165) is 17.3 Å². The third-order valence-electron chi connectivity index (χ3n) is 4.03. The SMILES string of the molecule is C[C@@H](NCc1ccc([N+](=O)[O-])s1)C1CCCCCC1. The van der Waals surface area contributed by atoms with Crippen LogP contribution in [0.1, 0.15) is 50.3 Å². The van der Waals surface area contributed by atoms with E-state index in [4.69, 9.17) is 0 Å². The number of thiophene rings is 1. The Morgan fingerprint density at radius 3 is 2.63 bits per heavy atom. The van der Waals surface area contributed by atoms with Crippen LogP contribution < -0.4 is 5.32 Å². The third kappa shape index (κ3) is 4.28. The van der Waals surface area contributed by atoms with E-state index in [2.05, 4.69) is 12.2 Å². The number of nitrogens with zero attached hydrogens (tertiary/aromatic N) is 1. The fourth-order valence-corrected chi connectivity index (χ4v) is 3.57. The standard InChI is InChI=1S/C14H22N2O2S/c1-11(12-6-4-2-3-5-7-12)15-10-13-8-9-14(19-13)16(17)18/h8-9,11-12,15H,2-7,10H2,1H3/t11-/m1/s1. The summed E-state index contributed by atoms with van der Waals surface area (Å²) in [6.45, 7) is 2.99. The van der Waals surface area contributed by atoms with Gasteiger partial charge in [0.1, 0.15) is 0 Å². The van der Waals surface area contributed by atoms with Crippen LogP contribution in [-0.4, -0.2) is 11.0 Å². The van der Waals surface area contributed by atoms with Crippen LogP contribution in [0.4, 0.5) is 5.00 Å². The van der Waals surface area contributed by atoms with E-state index >= 15 is 0 Å². The lowest BCUT2D eigenvalue weighted by Gasteiger charge is -2.23. The minimum Gasteiger partial charge on any atom is -0.309 e. The molecule has 0 bridgehead atoms. The number of rotatable bonds is 5. The van der Waals surface area contributed by atoms with Gasteiger partial charge >= 0.3 is 5.00 Å².